The molecular formula is C43H44F8N10O6. The van der Waals surface area contributed by atoms with Gasteiger partial charge in [0.05, 0.1) is 34.0 Å². The fourth-order valence-electron chi connectivity index (χ4n) is 9.76. The number of hydrogen-bond acceptors (Lipinski definition) is 14. The number of halogens is 8. The molecule has 24 heteroatoms. The van der Waals surface area contributed by atoms with E-state index in [2.05, 4.69) is 30.6 Å². The summed E-state index contributed by atoms with van der Waals surface area (Å²) < 4.78 is 127. The van der Waals surface area contributed by atoms with Crippen molar-refractivity contribution in [2.75, 3.05) is 24.6 Å². The quantitative estimate of drug-likeness (QED) is 0.0979. The van der Waals surface area contributed by atoms with E-state index in [4.69, 9.17) is 20.9 Å². The number of aliphatic hydroxyl groups is 4. The number of aromatic nitrogens is 6. The molecule has 0 radical (unpaired) electrons. The highest BCUT2D eigenvalue weighted by Gasteiger charge is 2.47. The van der Waals surface area contributed by atoms with E-state index in [1.165, 1.54) is 9.13 Å². The lowest BCUT2D eigenvalue weighted by Crippen LogP contribution is -2.35. The van der Waals surface area contributed by atoms with Gasteiger partial charge in [-0.05, 0) is 36.6 Å². The maximum absolute atomic E-state index is 14.8. The van der Waals surface area contributed by atoms with E-state index >= 15 is 0 Å². The zero-order valence-electron chi connectivity index (χ0n) is 35.2. The molecule has 0 saturated heterocycles. The van der Waals surface area contributed by atoms with Crippen LogP contribution < -0.4 is 31.6 Å². The second-order valence-corrected chi connectivity index (χ2v) is 17.0. The smallest absolute Gasteiger partial charge is 0.266 e. The number of anilines is 2. The van der Waals surface area contributed by atoms with Crippen molar-refractivity contribution < 1.29 is 65.0 Å². The van der Waals surface area contributed by atoms with Gasteiger partial charge in [-0.25, -0.2) is 55.1 Å². The summed E-state index contributed by atoms with van der Waals surface area (Å²) in [5.74, 6) is -3.76. The number of nitrogens with two attached hydrogens (primary N) is 2. The van der Waals surface area contributed by atoms with Crippen LogP contribution in [0.15, 0.2) is 37.2 Å². The molecule has 2 aliphatic carbocycles. The highest BCUT2D eigenvalue weighted by Crippen LogP contribution is 2.44. The first-order valence-corrected chi connectivity index (χ1v) is 21.2. The zero-order valence-corrected chi connectivity index (χ0v) is 35.2. The van der Waals surface area contributed by atoms with E-state index in [1.807, 2.05) is 0 Å². The van der Waals surface area contributed by atoms with E-state index in [0.29, 0.717) is 24.2 Å². The molecule has 0 bridgehead atoms. The summed E-state index contributed by atoms with van der Waals surface area (Å²) in [5, 5.41) is 48.9. The lowest BCUT2D eigenvalue weighted by Gasteiger charge is -2.29. The number of benzene rings is 2. The highest BCUT2D eigenvalue weighted by atomic mass is 19.3. The van der Waals surface area contributed by atoms with Gasteiger partial charge < -0.3 is 61.1 Å². The molecule has 2 aromatic carbocycles. The number of rotatable bonds is 8. The molecule has 6 aromatic rings. The van der Waals surface area contributed by atoms with Crippen molar-refractivity contribution in [1.82, 2.24) is 39.7 Å². The first kappa shape index (κ1) is 46.2. The monoisotopic (exact) mass is 948 g/mol. The first-order valence-electron chi connectivity index (χ1n) is 21.2. The van der Waals surface area contributed by atoms with Crippen LogP contribution in [-0.4, -0.2) is 99.2 Å². The summed E-state index contributed by atoms with van der Waals surface area (Å²) in [6.07, 6.45) is -8.97. The molecule has 10 rings (SSSR count). The predicted molar refractivity (Wildman–Crippen MR) is 222 cm³/mol. The Bertz CT molecular complexity index is 2850. The Morgan fingerprint density at radius 3 is 1.64 bits per heavy atom. The van der Waals surface area contributed by atoms with Gasteiger partial charge in [0.15, 0.2) is 11.6 Å². The van der Waals surface area contributed by atoms with Crippen LogP contribution in [0.1, 0.15) is 84.0 Å². The van der Waals surface area contributed by atoms with Crippen molar-refractivity contribution in [2.45, 2.75) is 107 Å². The van der Waals surface area contributed by atoms with Gasteiger partial charge in [-0.2, -0.15) is 0 Å². The Balaban J connectivity index is 0.000000168. The maximum Gasteiger partial charge on any atom is 0.266 e. The van der Waals surface area contributed by atoms with Crippen molar-refractivity contribution in [3.63, 3.8) is 0 Å². The molecule has 0 unspecified atom stereocenters. The summed E-state index contributed by atoms with van der Waals surface area (Å²) in [6.45, 7) is 2.98. The minimum absolute atomic E-state index is 0.00854. The Kier molecular flexibility index (Phi) is 12.4. The molecular weight excluding hydrogens is 905 g/mol. The maximum atomic E-state index is 14.8. The van der Waals surface area contributed by atoms with Crippen LogP contribution in [0.2, 0.25) is 0 Å². The average Bonchev–Trinajstić information content (AvgIpc) is 4.00. The minimum atomic E-state index is -3.05. The summed E-state index contributed by atoms with van der Waals surface area (Å²) in [7, 11) is 0. The van der Waals surface area contributed by atoms with E-state index in [0.717, 1.165) is 37.2 Å². The highest BCUT2D eigenvalue weighted by molar-refractivity contribution is 5.87. The van der Waals surface area contributed by atoms with Gasteiger partial charge >= 0.3 is 0 Å². The number of nitrogens with one attached hydrogen (secondary N) is 2. The van der Waals surface area contributed by atoms with Crippen LogP contribution in [0.5, 0.6) is 11.5 Å². The summed E-state index contributed by atoms with van der Waals surface area (Å²) >= 11 is 0. The van der Waals surface area contributed by atoms with E-state index in [-0.39, 0.29) is 94.6 Å². The largest absolute Gasteiger partial charge is 0.487 e. The van der Waals surface area contributed by atoms with Crippen molar-refractivity contribution in [2.24, 2.45) is 0 Å². The van der Waals surface area contributed by atoms with Crippen molar-refractivity contribution in [1.29, 1.82) is 0 Å². The Labute approximate surface area is 374 Å². The Morgan fingerprint density at radius 2 is 1.13 bits per heavy atom. The van der Waals surface area contributed by atoms with E-state index in [1.54, 1.807) is 6.92 Å². The third-order valence-corrected chi connectivity index (χ3v) is 13.1. The molecule has 67 heavy (non-hydrogen) atoms. The molecule has 2 fully saturated rings. The molecule has 2 saturated carbocycles. The number of hydrogen-bond donors (Lipinski definition) is 8. The van der Waals surface area contributed by atoms with E-state index < -0.39 is 96.0 Å². The van der Waals surface area contributed by atoms with Crippen molar-refractivity contribution in [3.8, 4) is 11.5 Å². The summed E-state index contributed by atoms with van der Waals surface area (Å²) in [5.41, 5.74) is 11.3. The van der Waals surface area contributed by atoms with Crippen LogP contribution in [0.25, 0.3) is 22.1 Å². The zero-order chi connectivity index (χ0) is 47.7. The Morgan fingerprint density at radius 1 is 0.657 bits per heavy atom. The molecule has 2 aliphatic heterocycles. The van der Waals surface area contributed by atoms with Gasteiger partial charge in [0.1, 0.15) is 95.3 Å². The topological polar surface area (TPSA) is 237 Å². The molecule has 0 spiro atoms. The molecule has 0 amide bonds. The third kappa shape index (κ3) is 8.01. The molecule has 4 aliphatic rings. The summed E-state index contributed by atoms with van der Waals surface area (Å²) in [4.78, 5) is 15.6. The lowest BCUT2D eigenvalue weighted by atomic mass is 9.89. The van der Waals surface area contributed by atoms with Gasteiger partial charge in [0, 0.05) is 61.6 Å². The van der Waals surface area contributed by atoms with E-state index in [9.17, 15) is 55.5 Å². The Hall–Kier alpha value is -5.92. The number of nitrogens with zero attached hydrogens (tertiary/aromatic N) is 6. The van der Waals surface area contributed by atoms with Gasteiger partial charge in [0.2, 0.25) is 0 Å². The molecule has 16 nitrogen and oxygen atoms in total. The van der Waals surface area contributed by atoms with Crippen LogP contribution in [0.4, 0.5) is 46.8 Å². The van der Waals surface area contributed by atoms with Gasteiger partial charge in [-0.1, -0.05) is 6.92 Å². The molecule has 358 valence electrons. The number of nitrogen functional groups attached to an aromatic ring is 2. The normalized spacial score (nSPS) is 26.0. The molecule has 9 atom stereocenters. The summed E-state index contributed by atoms with van der Waals surface area (Å²) in [6, 6.07) is 0.208. The third-order valence-electron chi connectivity index (χ3n) is 13.1. The molecule has 4 aromatic heterocycles. The lowest BCUT2D eigenvalue weighted by molar-refractivity contribution is -0.0168. The predicted octanol–water partition coefficient (Wildman–Crippen LogP) is 4.54. The standard InChI is InChI=1S/C22H23F4N5O3.C21H21F4N5O3/c1-8-4-28-5-10-13(2-9(20(25)26)17(24)15(8)10)34-14-3-12(18(32)19(14)33)31-6-11(23)16-21(27)29-7-30-22(16)31;22-11-6-30(21-15(11)20(26)28-7-29-21)12-4-14(18(32)17(12)31)33-13-3-9(19(24)25)16(23)8-1-2-27-5-10(8)13/h2,6-8,12,14,18-20,28,32-33H,3-5H2,1H3,(H2,27,29,30);3,6-7,12,14,17-19,27,31-32H,1-2,4-5H2,(H2,26,28,29)/t8-,12+,14-,18-,19+;12-,14+,17+,18-/m01/s1. The number of ether oxygens (including phenoxy) is 2. The fraction of sp³-hybridized carbons (Fsp3) is 0.442. The number of aliphatic hydroxyl groups excluding tert-OH is 4. The fourth-order valence-corrected chi connectivity index (χ4v) is 9.76. The second-order valence-electron chi connectivity index (χ2n) is 17.0. The molecule has 10 N–H and O–H groups in total. The van der Waals surface area contributed by atoms with Gasteiger partial charge in [-0.15, -0.1) is 0 Å². The minimum Gasteiger partial charge on any atom is -0.487 e. The number of alkyl halides is 4. The van der Waals surface area contributed by atoms with Gasteiger partial charge in [0.25, 0.3) is 12.9 Å². The van der Waals surface area contributed by atoms with Crippen molar-refractivity contribution >= 4 is 33.7 Å². The first-order chi connectivity index (χ1) is 32.0. The second kappa shape index (κ2) is 18.0. The SMILES string of the molecule is C[C@H]1CNCc2c(O[C@H]3C[C@@H](n4cc(F)c5c(N)ncnc54)[C@H](O)[C@@H]3O)cc(C(F)F)c(F)c21.Nc1ncnc2c1c(F)cn2[C@@H]1C[C@H](Oc2cc(C(F)F)c(F)c3c2CNCC3)[C@@H](O)[C@H]1O. The van der Waals surface area contributed by atoms with Crippen LogP contribution in [0.3, 0.4) is 0 Å². The number of fused-ring (bicyclic) bond motifs is 4. The van der Waals surface area contributed by atoms with Crippen LogP contribution in [-0.2, 0) is 19.5 Å². The van der Waals surface area contributed by atoms with Crippen LogP contribution in [0, 0.1) is 23.3 Å². The average molecular weight is 949 g/mol. The van der Waals surface area contributed by atoms with Gasteiger partial charge in [-0.3, -0.25) is 0 Å². The molecule has 6 heterocycles. The van der Waals surface area contributed by atoms with Crippen LogP contribution >= 0.6 is 0 Å². The van der Waals surface area contributed by atoms with Crippen molar-refractivity contribution in [3.05, 3.63) is 93.8 Å².